The predicted molar refractivity (Wildman–Crippen MR) is 106 cm³/mol. The van der Waals surface area contributed by atoms with E-state index in [2.05, 4.69) is 24.5 Å². The van der Waals surface area contributed by atoms with Crippen LogP contribution in [-0.4, -0.2) is 17.9 Å². The lowest BCUT2D eigenvalue weighted by atomic mass is 9.82. The van der Waals surface area contributed by atoms with Crippen molar-refractivity contribution in [3.05, 3.63) is 35.9 Å². The Hall–Kier alpha value is -1.84. The van der Waals surface area contributed by atoms with Crippen molar-refractivity contribution in [2.45, 2.75) is 71.9 Å². The minimum Gasteiger partial charge on any atom is -0.348 e. The van der Waals surface area contributed by atoms with E-state index >= 15 is 0 Å². The largest absolute Gasteiger partial charge is 0.348 e. The molecule has 0 aliphatic heterocycles. The van der Waals surface area contributed by atoms with Crippen molar-refractivity contribution in [1.82, 2.24) is 10.6 Å². The molecule has 0 unspecified atom stereocenters. The van der Waals surface area contributed by atoms with Gasteiger partial charge in [-0.1, -0.05) is 57.5 Å². The zero-order chi connectivity index (χ0) is 19.1. The van der Waals surface area contributed by atoms with Gasteiger partial charge < -0.3 is 10.6 Å². The average molecular weight is 359 g/mol. The van der Waals surface area contributed by atoms with Crippen LogP contribution in [0.15, 0.2) is 30.3 Å². The molecular weight excluding hydrogens is 324 g/mol. The zero-order valence-electron chi connectivity index (χ0n) is 16.6. The molecule has 26 heavy (non-hydrogen) atoms. The fraction of sp³-hybridized carbons (Fsp3) is 0.636. The van der Waals surface area contributed by atoms with Crippen LogP contribution in [0.3, 0.4) is 0 Å². The Morgan fingerprint density at radius 1 is 1.04 bits per heavy atom. The molecule has 1 saturated carbocycles. The fourth-order valence-electron chi connectivity index (χ4n) is 3.62. The third-order valence-electron chi connectivity index (χ3n) is 5.84. The number of rotatable bonds is 7. The number of carbonyl (C=O) groups excluding carboxylic acids is 2. The first-order chi connectivity index (χ1) is 12.4. The molecular formula is C22H34N2O2. The molecule has 4 heteroatoms. The maximum Gasteiger partial charge on any atom is 0.243 e. The molecule has 1 fully saturated rings. The van der Waals surface area contributed by atoms with Crippen molar-refractivity contribution >= 4 is 11.8 Å². The van der Waals surface area contributed by atoms with Gasteiger partial charge in [-0.25, -0.2) is 0 Å². The molecule has 0 radical (unpaired) electrons. The highest BCUT2D eigenvalue weighted by Gasteiger charge is 2.31. The monoisotopic (exact) mass is 358 g/mol. The standard InChI is InChI=1S/C22H34N2O2/c1-5-16(3)20(24-21(25)19-13-11-15(2)12-14-19)22(26)23-17(4)18-9-7-6-8-10-18/h6-10,15-17,19-20H,5,11-14H2,1-4H3,(H,23,26)(H,24,25)/t15?,16-,17+,19?,20+/m0/s1. The zero-order valence-corrected chi connectivity index (χ0v) is 16.6. The van der Waals surface area contributed by atoms with Crippen LogP contribution in [0.25, 0.3) is 0 Å². The van der Waals surface area contributed by atoms with Crippen LogP contribution < -0.4 is 10.6 Å². The molecule has 0 bridgehead atoms. The topological polar surface area (TPSA) is 58.2 Å². The second kappa shape index (κ2) is 9.75. The van der Waals surface area contributed by atoms with E-state index in [4.69, 9.17) is 0 Å². The van der Waals surface area contributed by atoms with Gasteiger partial charge in [0.2, 0.25) is 11.8 Å². The van der Waals surface area contributed by atoms with Crippen molar-refractivity contribution in [1.29, 1.82) is 0 Å². The highest BCUT2D eigenvalue weighted by Crippen LogP contribution is 2.28. The van der Waals surface area contributed by atoms with Gasteiger partial charge in [0.1, 0.15) is 6.04 Å². The van der Waals surface area contributed by atoms with Crippen LogP contribution in [-0.2, 0) is 9.59 Å². The molecule has 144 valence electrons. The molecule has 0 saturated heterocycles. The van der Waals surface area contributed by atoms with Crippen LogP contribution in [0.2, 0.25) is 0 Å². The minimum absolute atomic E-state index is 0.0460. The lowest BCUT2D eigenvalue weighted by Crippen LogP contribution is -2.52. The van der Waals surface area contributed by atoms with Crippen LogP contribution in [0.1, 0.15) is 71.4 Å². The van der Waals surface area contributed by atoms with Gasteiger partial charge in [-0.3, -0.25) is 9.59 Å². The summed E-state index contributed by atoms with van der Waals surface area (Å²) in [4.78, 5) is 25.6. The number of carbonyl (C=O) groups is 2. The van der Waals surface area contributed by atoms with Gasteiger partial charge in [0.05, 0.1) is 6.04 Å². The number of nitrogens with one attached hydrogen (secondary N) is 2. The SMILES string of the molecule is CC[C@H](C)[C@@H](NC(=O)C1CCC(C)CC1)C(=O)N[C@H](C)c1ccccc1. The summed E-state index contributed by atoms with van der Waals surface area (Å²) in [6, 6.07) is 9.35. The Kier molecular flexibility index (Phi) is 7.67. The van der Waals surface area contributed by atoms with Gasteiger partial charge in [0, 0.05) is 5.92 Å². The maximum absolute atomic E-state index is 12.9. The highest BCUT2D eigenvalue weighted by atomic mass is 16.2. The molecule has 2 rings (SSSR count). The molecule has 1 aromatic rings. The highest BCUT2D eigenvalue weighted by molar-refractivity contribution is 5.89. The van der Waals surface area contributed by atoms with E-state index in [1.807, 2.05) is 44.2 Å². The van der Waals surface area contributed by atoms with Crippen molar-refractivity contribution in [2.75, 3.05) is 0 Å². The first kappa shape index (κ1) is 20.5. The third-order valence-corrected chi connectivity index (χ3v) is 5.84. The predicted octanol–water partition coefficient (Wildman–Crippen LogP) is 4.22. The first-order valence-electron chi connectivity index (χ1n) is 10.1. The number of benzene rings is 1. The summed E-state index contributed by atoms with van der Waals surface area (Å²) in [7, 11) is 0. The molecule has 0 heterocycles. The summed E-state index contributed by atoms with van der Waals surface area (Å²) in [5.74, 6) is 0.818. The normalized spacial score (nSPS) is 23.5. The van der Waals surface area contributed by atoms with Crippen LogP contribution in [0, 0.1) is 17.8 Å². The summed E-state index contributed by atoms with van der Waals surface area (Å²) in [5.41, 5.74) is 1.07. The van der Waals surface area contributed by atoms with E-state index in [0.29, 0.717) is 5.92 Å². The Morgan fingerprint density at radius 2 is 1.65 bits per heavy atom. The van der Waals surface area contributed by atoms with Gasteiger partial charge >= 0.3 is 0 Å². The number of amides is 2. The first-order valence-corrected chi connectivity index (χ1v) is 10.1. The van der Waals surface area contributed by atoms with Gasteiger partial charge in [0.15, 0.2) is 0 Å². The van der Waals surface area contributed by atoms with Crippen molar-refractivity contribution in [2.24, 2.45) is 17.8 Å². The van der Waals surface area contributed by atoms with Gasteiger partial charge in [-0.05, 0) is 50.0 Å². The van der Waals surface area contributed by atoms with E-state index in [1.165, 1.54) is 0 Å². The molecule has 1 aromatic carbocycles. The lowest BCUT2D eigenvalue weighted by Gasteiger charge is -2.30. The van der Waals surface area contributed by atoms with Gasteiger partial charge in [-0.2, -0.15) is 0 Å². The van der Waals surface area contributed by atoms with E-state index in [1.54, 1.807) is 0 Å². The van der Waals surface area contributed by atoms with Gasteiger partial charge in [0.25, 0.3) is 0 Å². The molecule has 0 spiro atoms. The Labute approximate surface area is 158 Å². The quantitative estimate of drug-likeness (QED) is 0.767. The maximum atomic E-state index is 12.9. The fourth-order valence-corrected chi connectivity index (χ4v) is 3.62. The van der Waals surface area contributed by atoms with Crippen LogP contribution in [0.5, 0.6) is 0 Å². The van der Waals surface area contributed by atoms with Gasteiger partial charge in [-0.15, -0.1) is 0 Å². The molecule has 2 N–H and O–H groups in total. The Morgan fingerprint density at radius 3 is 2.23 bits per heavy atom. The van der Waals surface area contributed by atoms with E-state index in [9.17, 15) is 9.59 Å². The second-order valence-corrected chi connectivity index (χ2v) is 7.97. The summed E-state index contributed by atoms with van der Waals surface area (Å²) in [6.07, 6.45) is 4.91. The van der Waals surface area contributed by atoms with Crippen LogP contribution >= 0.6 is 0 Å². The summed E-state index contributed by atoms with van der Waals surface area (Å²) < 4.78 is 0. The van der Waals surface area contributed by atoms with E-state index in [0.717, 1.165) is 37.7 Å². The van der Waals surface area contributed by atoms with Crippen LogP contribution in [0.4, 0.5) is 0 Å². The third kappa shape index (κ3) is 5.58. The number of hydrogen-bond acceptors (Lipinski definition) is 2. The molecule has 2 amide bonds. The van der Waals surface area contributed by atoms with Crippen molar-refractivity contribution in [3.63, 3.8) is 0 Å². The summed E-state index contributed by atoms with van der Waals surface area (Å²) in [5, 5.41) is 6.13. The molecule has 3 atom stereocenters. The van der Waals surface area contributed by atoms with Crippen molar-refractivity contribution in [3.8, 4) is 0 Å². The van der Waals surface area contributed by atoms with E-state index < -0.39 is 6.04 Å². The molecule has 0 aromatic heterocycles. The molecule has 1 aliphatic carbocycles. The molecule has 4 nitrogen and oxygen atoms in total. The van der Waals surface area contributed by atoms with Crippen molar-refractivity contribution < 1.29 is 9.59 Å². The lowest BCUT2D eigenvalue weighted by molar-refractivity contribution is -0.133. The summed E-state index contributed by atoms with van der Waals surface area (Å²) in [6.45, 7) is 8.31. The second-order valence-electron chi connectivity index (χ2n) is 7.97. The molecule has 1 aliphatic rings. The van der Waals surface area contributed by atoms with E-state index in [-0.39, 0.29) is 29.7 Å². The number of hydrogen-bond donors (Lipinski definition) is 2. The Bertz CT molecular complexity index is 579. The average Bonchev–Trinajstić information content (AvgIpc) is 2.66. The summed E-state index contributed by atoms with van der Waals surface area (Å²) >= 11 is 0. The minimum atomic E-state index is -0.474. The smallest absolute Gasteiger partial charge is 0.243 e. The Balaban J connectivity index is 1.99.